The van der Waals surface area contributed by atoms with Crippen molar-refractivity contribution in [3.8, 4) is 0 Å². The van der Waals surface area contributed by atoms with Gasteiger partial charge in [0.1, 0.15) is 0 Å². The highest BCUT2D eigenvalue weighted by molar-refractivity contribution is 5.85. The van der Waals surface area contributed by atoms with Gasteiger partial charge in [-0.05, 0) is 64.8 Å². The fourth-order valence-electron chi connectivity index (χ4n) is 4.15. The van der Waals surface area contributed by atoms with Gasteiger partial charge in [-0.2, -0.15) is 0 Å². The van der Waals surface area contributed by atoms with Crippen molar-refractivity contribution in [3.05, 3.63) is 35.5 Å². The summed E-state index contributed by atoms with van der Waals surface area (Å²) in [6, 6.07) is 9.01. The first-order valence-corrected chi connectivity index (χ1v) is 10.1. The number of hydrogen-bond donors (Lipinski definition) is 1. The number of nitrogens with zero attached hydrogens (tertiary/aromatic N) is 2. The molecule has 3 rings (SSSR count). The molecule has 1 N–H and O–H groups in total. The van der Waals surface area contributed by atoms with E-state index in [2.05, 4.69) is 66.7 Å². The lowest BCUT2D eigenvalue weighted by Crippen LogP contribution is -2.42. The van der Waals surface area contributed by atoms with Gasteiger partial charge in [-0.15, -0.1) is 0 Å². The third-order valence-corrected chi connectivity index (χ3v) is 6.02. The number of benzene rings is 1. The number of aromatic nitrogens is 1. The Balaban J connectivity index is 1.66. The lowest BCUT2D eigenvalue weighted by atomic mass is 9.95. The van der Waals surface area contributed by atoms with Crippen LogP contribution < -0.4 is 5.32 Å². The van der Waals surface area contributed by atoms with E-state index in [1.165, 1.54) is 22.2 Å². The maximum Gasteiger partial charge on any atom is 0.223 e. The van der Waals surface area contributed by atoms with E-state index in [0.29, 0.717) is 0 Å². The molecule has 0 unspecified atom stereocenters. The van der Waals surface area contributed by atoms with Crippen molar-refractivity contribution >= 4 is 16.8 Å². The fraction of sp³-hybridized carbons (Fsp3) is 0.591. The minimum absolute atomic E-state index is 0.179. The number of piperidine rings is 1. The predicted molar refractivity (Wildman–Crippen MR) is 108 cm³/mol. The van der Waals surface area contributed by atoms with Crippen LogP contribution >= 0.6 is 0 Å². The molecule has 4 nitrogen and oxygen atoms in total. The Labute approximate surface area is 157 Å². The van der Waals surface area contributed by atoms with Crippen molar-refractivity contribution in [3.63, 3.8) is 0 Å². The van der Waals surface area contributed by atoms with Gasteiger partial charge in [0.15, 0.2) is 0 Å². The van der Waals surface area contributed by atoms with E-state index >= 15 is 0 Å². The third-order valence-electron chi connectivity index (χ3n) is 6.02. The highest BCUT2D eigenvalue weighted by atomic mass is 16.1. The normalized spacial score (nSPS) is 17.5. The zero-order valence-electron chi connectivity index (χ0n) is 16.7. The lowest BCUT2D eigenvalue weighted by molar-refractivity contribution is -0.127. The first kappa shape index (κ1) is 19.0. The molecule has 2 heterocycles. The van der Waals surface area contributed by atoms with E-state index in [4.69, 9.17) is 0 Å². The Morgan fingerprint density at radius 1 is 1.23 bits per heavy atom. The number of aryl methyl sites for hydroxylation is 1. The van der Waals surface area contributed by atoms with Crippen LogP contribution in [0, 0.1) is 12.8 Å². The molecule has 1 aliphatic heterocycles. The van der Waals surface area contributed by atoms with Crippen molar-refractivity contribution in [2.24, 2.45) is 5.92 Å². The Hall–Kier alpha value is -1.81. The van der Waals surface area contributed by atoms with Gasteiger partial charge in [0.2, 0.25) is 5.91 Å². The highest BCUT2D eigenvalue weighted by Crippen LogP contribution is 2.28. The second kappa shape index (κ2) is 8.26. The van der Waals surface area contributed by atoms with Crippen LogP contribution in [0.25, 0.3) is 10.9 Å². The van der Waals surface area contributed by atoms with Gasteiger partial charge in [-0.1, -0.05) is 25.1 Å². The molecule has 1 amide bonds. The number of amides is 1. The van der Waals surface area contributed by atoms with Crippen molar-refractivity contribution in [1.29, 1.82) is 0 Å². The minimum Gasteiger partial charge on any atom is -0.353 e. The molecule has 0 radical (unpaired) electrons. The summed E-state index contributed by atoms with van der Waals surface area (Å²) >= 11 is 0. The van der Waals surface area contributed by atoms with Crippen LogP contribution in [0.5, 0.6) is 0 Å². The van der Waals surface area contributed by atoms with Crippen LogP contribution in [0.2, 0.25) is 0 Å². The fourth-order valence-corrected chi connectivity index (χ4v) is 4.15. The van der Waals surface area contributed by atoms with Gasteiger partial charge >= 0.3 is 0 Å². The first-order chi connectivity index (χ1) is 12.5. The van der Waals surface area contributed by atoms with Crippen molar-refractivity contribution in [2.45, 2.75) is 66.1 Å². The summed E-state index contributed by atoms with van der Waals surface area (Å²) in [7, 11) is 0. The molecule has 2 aromatic rings. The molecule has 1 aliphatic rings. The molecular formula is C22H33N3O. The molecule has 1 saturated heterocycles. The first-order valence-electron chi connectivity index (χ1n) is 10.1. The number of rotatable bonds is 6. The molecule has 4 heteroatoms. The summed E-state index contributed by atoms with van der Waals surface area (Å²) in [5, 5.41) is 4.53. The van der Waals surface area contributed by atoms with E-state index in [1.807, 2.05) is 0 Å². The van der Waals surface area contributed by atoms with Gasteiger partial charge in [0.05, 0.1) is 0 Å². The van der Waals surface area contributed by atoms with Crippen molar-refractivity contribution in [1.82, 2.24) is 14.8 Å². The SMILES string of the molecule is CC[C@@H](C)NC(=O)C1CCN(Cc2c(C)n(CC)c3ccccc23)CC1. The average Bonchev–Trinajstić information content (AvgIpc) is 2.93. The zero-order chi connectivity index (χ0) is 18.7. The standard InChI is InChI=1S/C22H33N3O/c1-5-16(3)23-22(26)18-11-13-24(14-12-18)15-20-17(4)25(6-2)21-10-8-7-9-19(20)21/h7-10,16,18H,5-6,11-15H2,1-4H3,(H,23,26)/t16-/m1/s1. The Morgan fingerprint density at radius 3 is 2.58 bits per heavy atom. The number of nitrogens with one attached hydrogen (secondary N) is 1. The lowest BCUT2D eigenvalue weighted by Gasteiger charge is -2.32. The molecular weight excluding hydrogens is 322 g/mol. The predicted octanol–water partition coefficient (Wildman–Crippen LogP) is 4.10. The summed E-state index contributed by atoms with van der Waals surface area (Å²) in [6.07, 6.45) is 2.92. The van der Waals surface area contributed by atoms with Gasteiger partial charge in [-0.25, -0.2) is 0 Å². The molecule has 0 saturated carbocycles. The molecule has 142 valence electrons. The topological polar surface area (TPSA) is 37.3 Å². The number of carbonyl (C=O) groups is 1. The summed E-state index contributed by atoms with van der Waals surface area (Å²) in [5.41, 5.74) is 4.17. The van der Waals surface area contributed by atoms with Crippen LogP contribution in [-0.4, -0.2) is 34.5 Å². The van der Waals surface area contributed by atoms with Crippen LogP contribution in [0.15, 0.2) is 24.3 Å². The summed E-state index contributed by atoms with van der Waals surface area (Å²) in [5.74, 6) is 0.427. The molecule has 0 bridgehead atoms. The Kier molecular flexibility index (Phi) is 6.02. The third kappa shape index (κ3) is 3.80. The monoisotopic (exact) mass is 355 g/mol. The number of carbonyl (C=O) groups excluding carboxylic acids is 1. The molecule has 1 fully saturated rings. The summed E-state index contributed by atoms with van der Waals surface area (Å²) < 4.78 is 2.41. The molecule has 26 heavy (non-hydrogen) atoms. The molecule has 1 aromatic carbocycles. The molecule has 1 aromatic heterocycles. The largest absolute Gasteiger partial charge is 0.353 e. The van der Waals surface area contributed by atoms with E-state index in [0.717, 1.165) is 45.4 Å². The minimum atomic E-state index is 0.179. The highest BCUT2D eigenvalue weighted by Gasteiger charge is 2.26. The van der Waals surface area contributed by atoms with E-state index in [1.54, 1.807) is 0 Å². The Morgan fingerprint density at radius 2 is 1.92 bits per heavy atom. The second-order valence-corrected chi connectivity index (χ2v) is 7.69. The average molecular weight is 356 g/mol. The van der Waals surface area contributed by atoms with E-state index < -0.39 is 0 Å². The van der Waals surface area contributed by atoms with Crippen molar-refractivity contribution in [2.75, 3.05) is 13.1 Å². The smallest absolute Gasteiger partial charge is 0.223 e. The summed E-state index contributed by atoms with van der Waals surface area (Å²) in [4.78, 5) is 14.9. The van der Waals surface area contributed by atoms with Crippen LogP contribution in [0.3, 0.4) is 0 Å². The number of fused-ring (bicyclic) bond motifs is 1. The van der Waals surface area contributed by atoms with Crippen LogP contribution in [-0.2, 0) is 17.9 Å². The number of para-hydroxylation sites is 1. The van der Waals surface area contributed by atoms with E-state index in [-0.39, 0.29) is 17.9 Å². The maximum absolute atomic E-state index is 12.4. The van der Waals surface area contributed by atoms with Crippen LogP contribution in [0.1, 0.15) is 51.3 Å². The second-order valence-electron chi connectivity index (χ2n) is 7.69. The quantitative estimate of drug-likeness (QED) is 0.847. The molecule has 0 spiro atoms. The van der Waals surface area contributed by atoms with Gasteiger partial charge in [0.25, 0.3) is 0 Å². The van der Waals surface area contributed by atoms with Gasteiger partial charge in [0, 0.05) is 41.6 Å². The number of hydrogen-bond acceptors (Lipinski definition) is 2. The maximum atomic E-state index is 12.4. The molecule has 1 atom stereocenters. The molecule has 0 aliphatic carbocycles. The number of likely N-dealkylation sites (tertiary alicyclic amines) is 1. The van der Waals surface area contributed by atoms with E-state index in [9.17, 15) is 4.79 Å². The van der Waals surface area contributed by atoms with Crippen LogP contribution in [0.4, 0.5) is 0 Å². The zero-order valence-corrected chi connectivity index (χ0v) is 16.7. The van der Waals surface area contributed by atoms with Gasteiger partial charge < -0.3 is 9.88 Å². The van der Waals surface area contributed by atoms with Gasteiger partial charge in [-0.3, -0.25) is 9.69 Å². The Bertz CT molecular complexity index is 756. The van der Waals surface area contributed by atoms with Crippen molar-refractivity contribution < 1.29 is 4.79 Å². The summed E-state index contributed by atoms with van der Waals surface area (Å²) in [6.45, 7) is 12.6.